The highest BCUT2D eigenvalue weighted by molar-refractivity contribution is 7.10. The molecule has 1 unspecified atom stereocenters. The van der Waals surface area contributed by atoms with Crippen LogP contribution in [0.2, 0.25) is 0 Å². The van der Waals surface area contributed by atoms with Crippen LogP contribution < -0.4 is 5.32 Å². The van der Waals surface area contributed by atoms with Gasteiger partial charge in [-0.15, -0.1) is 11.3 Å². The van der Waals surface area contributed by atoms with E-state index in [9.17, 15) is 9.90 Å². The Hall–Kier alpha value is -0.910. The lowest BCUT2D eigenvalue weighted by atomic mass is 9.97. The average molecular weight is 296 g/mol. The van der Waals surface area contributed by atoms with Crippen molar-refractivity contribution in [1.29, 1.82) is 0 Å². The van der Waals surface area contributed by atoms with E-state index in [0.29, 0.717) is 6.54 Å². The number of hydrogen-bond donors (Lipinski definition) is 2. The van der Waals surface area contributed by atoms with E-state index in [4.69, 9.17) is 0 Å². The number of nitrogens with one attached hydrogen (secondary N) is 1. The fourth-order valence-electron chi connectivity index (χ4n) is 2.80. The number of aliphatic hydroxyl groups is 1. The maximum absolute atomic E-state index is 12.0. The van der Waals surface area contributed by atoms with Crippen LogP contribution in [0, 0.1) is 0 Å². The van der Waals surface area contributed by atoms with Crippen LogP contribution in [-0.2, 0) is 4.79 Å². The van der Waals surface area contributed by atoms with E-state index in [1.165, 1.54) is 4.88 Å². The van der Waals surface area contributed by atoms with Crippen molar-refractivity contribution >= 4 is 17.2 Å². The number of likely N-dealkylation sites (N-methyl/N-ethyl adjacent to an activating group) is 1. The number of carbonyl (C=O) groups excluding carboxylic acids is 1. The summed E-state index contributed by atoms with van der Waals surface area (Å²) in [7, 11) is 4.03. The molecule has 0 aromatic carbocycles. The molecule has 1 atom stereocenters. The average Bonchev–Trinajstić information content (AvgIpc) is 3.01. The number of rotatable bonds is 6. The first-order chi connectivity index (χ1) is 9.50. The van der Waals surface area contributed by atoms with Crippen molar-refractivity contribution in [3.05, 3.63) is 22.4 Å². The lowest BCUT2D eigenvalue weighted by molar-refractivity contribution is -0.126. The van der Waals surface area contributed by atoms with Gasteiger partial charge in [-0.2, -0.15) is 0 Å². The summed E-state index contributed by atoms with van der Waals surface area (Å²) in [6, 6.07) is 4.31. The van der Waals surface area contributed by atoms with Crippen molar-refractivity contribution < 1.29 is 9.90 Å². The van der Waals surface area contributed by atoms with Gasteiger partial charge >= 0.3 is 0 Å². The van der Waals surface area contributed by atoms with Crippen LogP contribution in [0.5, 0.6) is 0 Å². The summed E-state index contributed by atoms with van der Waals surface area (Å²) in [4.78, 5) is 15.4. The first-order valence-corrected chi connectivity index (χ1v) is 8.07. The minimum absolute atomic E-state index is 0.0437. The van der Waals surface area contributed by atoms with E-state index in [1.54, 1.807) is 11.3 Å². The van der Waals surface area contributed by atoms with E-state index < -0.39 is 5.60 Å². The normalized spacial score (nSPS) is 19.2. The molecule has 112 valence electrons. The topological polar surface area (TPSA) is 52.6 Å². The Balaban J connectivity index is 1.85. The number of thiophene rings is 1. The Labute approximate surface area is 124 Å². The zero-order valence-electron chi connectivity index (χ0n) is 12.3. The second-order valence-corrected chi connectivity index (χ2v) is 6.89. The molecule has 1 aliphatic rings. The number of hydrogen-bond acceptors (Lipinski definition) is 4. The van der Waals surface area contributed by atoms with Gasteiger partial charge in [0.05, 0.1) is 18.1 Å². The molecule has 4 nitrogen and oxygen atoms in total. The highest BCUT2D eigenvalue weighted by Gasteiger charge is 2.33. The van der Waals surface area contributed by atoms with Gasteiger partial charge < -0.3 is 15.3 Å². The highest BCUT2D eigenvalue weighted by atomic mass is 32.1. The van der Waals surface area contributed by atoms with Gasteiger partial charge in [0.2, 0.25) is 5.91 Å². The van der Waals surface area contributed by atoms with Gasteiger partial charge in [0.1, 0.15) is 0 Å². The smallest absolute Gasteiger partial charge is 0.222 e. The van der Waals surface area contributed by atoms with E-state index in [0.717, 1.165) is 25.7 Å². The largest absolute Gasteiger partial charge is 0.389 e. The Bertz CT molecular complexity index is 425. The minimum atomic E-state index is -0.763. The van der Waals surface area contributed by atoms with Crippen LogP contribution in [-0.4, -0.2) is 42.2 Å². The molecular weight excluding hydrogens is 272 g/mol. The van der Waals surface area contributed by atoms with Crippen LogP contribution in [0.1, 0.15) is 43.0 Å². The molecule has 20 heavy (non-hydrogen) atoms. The van der Waals surface area contributed by atoms with Crippen molar-refractivity contribution in [1.82, 2.24) is 10.2 Å². The maximum atomic E-state index is 12.0. The zero-order chi connectivity index (χ0) is 14.6. The van der Waals surface area contributed by atoms with Crippen molar-refractivity contribution in [3.63, 3.8) is 0 Å². The molecule has 2 N–H and O–H groups in total. The van der Waals surface area contributed by atoms with E-state index in [2.05, 4.69) is 21.7 Å². The molecular formula is C15H24N2O2S. The van der Waals surface area contributed by atoms with E-state index >= 15 is 0 Å². The Kier molecular flexibility index (Phi) is 5.18. The Morgan fingerprint density at radius 3 is 2.75 bits per heavy atom. The van der Waals surface area contributed by atoms with Crippen LogP contribution in [0.3, 0.4) is 0 Å². The lowest BCUT2D eigenvalue weighted by Crippen LogP contribution is -2.38. The van der Waals surface area contributed by atoms with Gasteiger partial charge in [0, 0.05) is 11.4 Å². The molecule has 2 rings (SSSR count). The maximum Gasteiger partial charge on any atom is 0.222 e. The molecule has 0 spiro atoms. The molecule has 1 aliphatic carbocycles. The first kappa shape index (κ1) is 15.5. The monoisotopic (exact) mass is 296 g/mol. The standard InChI is InChI=1S/C15H24N2O2S/c1-17(2)12(13-6-5-9-20-13)11-16-14(18)10-15(19)7-3-4-8-15/h5-6,9,12,19H,3-4,7-8,10-11H2,1-2H3,(H,16,18). The van der Waals surface area contributed by atoms with E-state index in [1.807, 2.05) is 20.2 Å². The minimum Gasteiger partial charge on any atom is -0.389 e. The van der Waals surface area contributed by atoms with Crippen LogP contribution in [0.4, 0.5) is 0 Å². The van der Waals surface area contributed by atoms with Gasteiger partial charge in [-0.25, -0.2) is 0 Å². The summed E-state index contributed by atoms with van der Waals surface area (Å²) >= 11 is 1.70. The predicted molar refractivity (Wildman–Crippen MR) is 81.8 cm³/mol. The molecule has 1 saturated carbocycles. The quantitative estimate of drug-likeness (QED) is 0.846. The summed E-state index contributed by atoms with van der Waals surface area (Å²) < 4.78 is 0. The van der Waals surface area contributed by atoms with Crippen LogP contribution in [0.15, 0.2) is 17.5 Å². The third-order valence-corrected chi connectivity index (χ3v) is 4.98. The molecule has 0 saturated heterocycles. The lowest BCUT2D eigenvalue weighted by Gasteiger charge is -2.25. The molecule has 0 radical (unpaired) electrons. The summed E-state index contributed by atoms with van der Waals surface area (Å²) in [5, 5.41) is 15.3. The molecule has 1 heterocycles. The molecule has 1 amide bonds. The van der Waals surface area contributed by atoms with Gasteiger partial charge in [0.25, 0.3) is 0 Å². The molecule has 1 fully saturated rings. The predicted octanol–water partition coefficient (Wildman–Crippen LogP) is 2.16. The fraction of sp³-hybridized carbons (Fsp3) is 0.667. The SMILES string of the molecule is CN(C)C(CNC(=O)CC1(O)CCCC1)c1cccs1. The summed E-state index contributed by atoms with van der Waals surface area (Å²) in [5.74, 6) is -0.0437. The molecule has 5 heteroatoms. The van der Waals surface area contributed by atoms with Gasteiger partial charge in [-0.1, -0.05) is 18.9 Å². The van der Waals surface area contributed by atoms with Crippen LogP contribution >= 0.6 is 11.3 Å². The number of carbonyl (C=O) groups is 1. The fourth-order valence-corrected chi connectivity index (χ4v) is 3.72. The second kappa shape index (κ2) is 6.70. The molecule has 1 aromatic rings. The van der Waals surface area contributed by atoms with Crippen molar-refractivity contribution in [2.75, 3.05) is 20.6 Å². The van der Waals surface area contributed by atoms with E-state index in [-0.39, 0.29) is 18.4 Å². The van der Waals surface area contributed by atoms with Crippen molar-refractivity contribution in [3.8, 4) is 0 Å². The highest BCUT2D eigenvalue weighted by Crippen LogP contribution is 2.32. The number of amides is 1. The second-order valence-electron chi connectivity index (χ2n) is 5.91. The Morgan fingerprint density at radius 2 is 2.20 bits per heavy atom. The van der Waals surface area contributed by atoms with Gasteiger partial charge in [-0.05, 0) is 38.4 Å². The summed E-state index contributed by atoms with van der Waals surface area (Å²) in [6.45, 7) is 0.586. The summed E-state index contributed by atoms with van der Waals surface area (Å²) in [5.41, 5.74) is -0.763. The Morgan fingerprint density at radius 1 is 1.50 bits per heavy atom. The third-order valence-electron chi connectivity index (χ3n) is 4.01. The molecule has 0 aliphatic heterocycles. The van der Waals surface area contributed by atoms with Crippen molar-refractivity contribution in [2.45, 2.75) is 43.7 Å². The van der Waals surface area contributed by atoms with Crippen molar-refractivity contribution in [2.24, 2.45) is 0 Å². The van der Waals surface area contributed by atoms with Crippen LogP contribution in [0.25, 0.3) is 0 Å². The molecule has 0 bridgehead atoms. The third kappa shape index (κ3) is 4.04. The zero-order valence-corrected chi connectivity index (χ0v) is 13.1. The van der Waals surface area contributed by atoms with Gasteiger partial charge in [0.15, 0.2) is 0 Å². The molecule has 1 aromatic heterocycles. The first-order valence-electron chi connectivity index (χ1n) is 7.19. The van der Waals surface area contributed by atoms with Gasteiger partial charge in [-0.3, -0.25) is 4.79 Å². The summed E-state index contributed by atoms with van der Waals surface area (Å²) in [6.07, 6.45) is 3.79. The number of nitrogens with zero attached hydrogens (tertiary/aromatic N) is 1.